The van der Waals surface area contributed by atoms with Crippen LogP contribution in [0.1, 0.15) is 44.9 Å². The summed E-state index contributed by atoms with van der Waals surface area (Å²) in [6.45, 7) is 0.240. The molecule has 2 aliphatic rings. The first-order valence-corrected chi connectivity index (χ1v) is 11.2. The SMILES string of the molecule is O=C(NCC(=O)N1CCN(C(=O)c2ccccc2C(F)(F)F)CC1)c1cc(C2=CCCC=C2)[nH]n1. The molecule has 11 heteroatoms. The van der Waals surface area contributed by atoms with Crippen molar-refractivity contribution in [3.05, 3.63) is 71.1 Å². The van der Waals surface area contributed by atoms with Gasteiger partial charge in [0.05, 0.1) is 23.4 Å². The highest BCUT2D eigenvalue weighted by molar-refractivity contribution is 5.97. The number of hydrogen-bond donors (Lipinski definition) is 2. The summed E-state index contributed by atoms with van der Waals surface area (Å²) in [4.78, 5) is 40.4. The van der Waals surface area contributed by atoms with Crippen LogP contribution in [0.4, 0.5) is 13.2 Å². The highest BCUT2D eigenvalue weighted by atomic mass is 19.4. The topological polar surface area (TPSA) is 98.4 Å². The van der Waals surface area contributed by atoms with Crippen LogP contribution in [-0.2, 0) is 11.0 Å². The van der Waals surface area contributed by atoms with Crippen molar-refractivity contribution >= 4 is 23.3 Å². The smallest absolute Gasteiger partial charge is 0.342 e. The lowest BCUT2D eigenvalue weighted by molar-refractivity contribution is -0.138. The highest BCUT2D eigenvalue weighted by Gasteiger charge is 2.36. The molecule has 1 saturated heterocycles. The number of H-pyrrole nitrogens is 1. The van der Waals surface area contributed by atoms with Gasteiger partial charge in [-0.05, 0) is 36.6 Å². The summed E-state index contributed by atoms with van der Waals surface area (Å²) in [6, 6.07) is 6.26. The second-order valence-corrected chi connectivity index (χ2v) is 8.21. The number of nitrogens with zero attached hydrogens (tertiary/aromatic N) is 3. The molecule has 1 fully saturated rings. The first kappa shape index (κ1) is 24.2. The van der Waals surface area contributed by atoms with Gasteiger partial charge in [0, 0.05) is 26.2 Å². The molecule has 8 nitrogen and oxygen atoms in total. The highest BCUT2D eigenvalue weighted by Crippen LogP contribution is 2.32. The first-order chi connectivity index (χ1) is 16.7. The summed E-state index contributed by atoms with van der Waals surface area (Å²) in [5.74, 6) is -1.58. The molecule has 2 aromatic rings. The Kier molecular flexibility index (Phi) is 7.04. The van der Waals surface area contributed by atoms with Gasteiger partial charge in [-0.25, -0.2) is 0 Å². The third-order valence-corrected chi connectivity index (χ3v) is 5.90. The lowest BCUT2D eigenvalue weighted by atomic mass is 10.0. The quantitative estimate of drug-likeness (QED) is 0.678. The number of carbonyl (C=O) groups is 3. The molecule has 0 radical (unpaired) electrons. The maximum Gasteiger partial charge on any atom is 0.417 e. The van der Waals surface area contributed by atoms with Gasteiger partial charge in [-0.3, -0.25) is 19.5 Å². The molecular formula is C24H24F3N5O3. The van der Waals surface area contributed by atoms with Gasteiger partial charge in [0.15, 0.2) is 5.69 Å². The summed E-state index contributed by atoms with van der Waals surface area (Å²) in [7, 11) is 0. The van der Waals surface area contributed by atoms with Crippen molar-refractivity contribution < 1.29 is 27.6 Å². The Morgan fingerprint density at radius 3 is 2.43 bits per heavy atom. The Labute approximate surface area is 199 Å². The Morgan fingerprint density at radius 1 is 1.03 bits per heavy atom. The second-order valence-electron chi connectivity index (χ2n) is 8.21. The minimum atomic E-state index is -4.64. The molecule has 0 saturated carbocycles. The lowest BCUT2D eigenvalue weighted by Gasteiger charge is -2.35. The van der Waals surface area contributed by atoms with E-state index in [0.29, 0.717) is 5.69 Å². The van der Waals surface area contributed by atoms with Crippen LogP contribution < -0.4 is 5.32 Å². The van der Waals surface area contributed by atoms with E-state index in [9.17, 15) is 27.6 Å². The van der Waals surface area contributed by atoms with Crippen LogP contribution in [0.2, 0.25) is 0 Å². The molecule has 1 aromatic heterocycles. The molecule has 2 N–H and O–H groups in total. The van der Waals surface area contributed by atoms with Crippen LogP contribution in [0.15, 0.2) is 48.6 Å². The van der Waals surface area contributed by atoms with Crippen LogP contribution in [0.3, 0.4) is 0 Å². The Bertz CT molecular complexity index is 1180. The third-order valence-electron chi connectivity index (χ3n) is 5.90. The van der Waals surface area contributed by atoms with Crippen LogP contribution in [0.5, 0.6) is 0 Å². The third kappa shape index (κ3) is 5.61. The molecular weight excluding hydrogens is 463 g/mol. The summed E-state index contributed by atoms with van der Waals surface area (Å²) >= 11 is 0. The van der Waals surface area contributed by atoms with E-state index >= 15 is 0 Å². The van der Waals surface area contributed by atoms with Gasteiger partial charge >= 0.3 is 6.18 Å². The van der Waals surface area contributed by atoms with Crippen LogP contribution >= 0.6 is 0 Å². The number of nitrogens with one attached hydrogen (secondary N) is 2. The van der Waals surface area contributed by atoms with Crippen LogP contribution in [0.25, 0.3) is 5.57 Å². The van der Waals surface area contributed by atoms with Crippen LogP contribution in [0, 0.1) is 0 Å². The van der Waals surface area contributed by atoms with Crippen molar-refractivity contribution in [1.82, 2.24) is 25.3 Å². The summed E-state index contributed by atoms with van der Waals surface area (Å²) in [6.07, 6.45) is 3.28. The molecule has 1 aliphatic carbocycles. The summed E-state index contributed by atoms with van der Waals surface area (Å²) in [5.41, 5.74) is 0.425. The monoisotopic (exact) mass is 487 g/mol. The molecule has 0 unspecified atom stereocenters. The van der Waals surface area contributed by atoms with Crippen molar-refractivity contribution in [2.24, 2.45) is 0 Å². The number of aromatic nitrogens is 2. The predicted octanol–water partition coefficient (Wildman–Crippen LogP) is 2.88. The molecule has 1 aliphatic heterocycles. The zero-order valence-corrected chi connectivity index (χ0v) is 18.8. The summed E-state index contributed by atoms with van der Waals surface area (Å²) < 4.78 is 39.7. The Hall–Kier alpha value is -3.89. The molecule has 2 heterocycles. The van der Waals surface area contributed by atoms with Crippen molar-refractivity contribution in [2.75, 3.05) is 32.7 Å². The van der Waals surface area contributed by atoms with Crippen molar-refractivity contribution in [3.63, 3.8) is 0 Å². The molecule has 0 atom stereocenters. The van der Waals surface area contributed by atoms with Crippen molar-refractivity contribution in [3.8, 4) is 0 Å². The molecule has 4 rings (SSSR count). The van der Waals surface area contributed by atoms with Gasteiger partial charge in [0.1, 0.15) is 0 Å². The van der Waals surface area contributed by atoms with E-state index in [2.05, 4.69) is 15.5 Å². The van der Waals surface area contributed by atoms with E-state index in [0.717, 1.165) is 30.5 Å². The van der Waals surface area contributed by atoms with Crippen LogP contribution in [-0.4, -0.2) is 70.4 Å². The van der Waals surface area contributed by atoms with E-state index in [-0.39, 0.29) is 44.3 Å². The molecule has 184 valence electrons. The van der Waals surface area contributed by atoms with Gasteiger partial charge in [0.25, 0.3) is 11.8 Å². The number of aromatic amines is 1. The van der Waals surface area contributed by atoms with E-state index < -0.39 is 29.1 Å². The van der Waals surface area contributed by atoms with Gasteiger partial charge in [0.2, 0.25) is 5.91 Å². The molecule has 0 spiro atoms. The minimum absolute atomic E-state index is 0.0933. The van der Waals surface area contributed by atoms with Gasteiger partial charge in [-0.2, -0.15) is 18.3 Å². The number of carbonyl (C=O) groups excluding carboxylic acids is 3. The fraction of sp³-hybridized carbons (Fsp3) is 0.333. The Balaban J connectivity index is 1.28. The average molecular weight is 487 g/mol. The van der Waals surface area contributed by atoms with Gasteiger partial charge in [-0.15, -0.1) is 0 Å². The number of allylic oxidation sites excluding steroid dienone is 4. The number of halogens is 3. The van der Waals surface area contributed by atoms with E-state index in [1.807, 2.05) is 18.2 Å². The molecule has 0 bridgehead atoms. The average Bonchev–Trinajstić information content (AvgIpc) is 3.37. The lowest BCUT2D eigenvalue weighted by Crippen LogP contribution is -2.52. The normalized spacial score (nSPS) is 16.1. The van der Waals surface area contributed by atoms with Gasteiger partial charge in [-0.1, -0.05) is 30.4 Å². The molecule has 1 aromatic carbocycles. The standard InChI is InChI=1S/C24H24F3N5O3/c25-24(26,27)18-9-5-4-8-17(18)23(35)32-12-10-31(11-13-32)21(33)15-28-22(34)20-14-19(29-30-20)16-6-2-1-3-7-16/h2,4-9,14H,1,3,10-13,15H2,(H,28,34)(H,29,30). The number of benzene rings is 1. The maximum atomic E-state index is 13.2. The fourth-order valence-electron chi connectivity index (χ4n) is 4.00. The molecule has 35 heavy (non-hydrogen) atoms. The van der Waals surface area contributed by atoms with Crippen molar-refractivity contribution in [2.45, 2.75) is 19.0 Å². The number of piperazine rings is 1. The Morgan fingerprint density at radius 2 is 1.74 bits per heavy atom. The van der Waals surface area contributed by atoms with E-state index in [1.165, 1.54) is 21.9 Å². The summed E-state index contributed by atoms with van der Waals surface area (Å²) in [5, 5.41) is 9.36. The van der Waals surface area contributed by atoms with Gasteiger partial charge < -0.3 is 15.1 Å². The molecule has 3 amide bonds. The largest absolute Gasteiger partial charge is 0.417 e. The van der Waals surface area contributed by atoms with Crippen molar-refractivity contribution in [1.29, 1.82) is 0 Å². The second kappa shape index (κ2) is 10.2. The number of alkyl halides is 3. The first-order valence-electron chi connectivity index (χ1n) is 11.2. The minimum Gasteiger partial charge on any atom is -0.342 e. The van der Waals surface area contributed by atoms with E-state index in [4.69, 9.17) is 0 Å². The number of amides is 3. The zero-order chi connectivity index (χ0) is 25.0. The zero-order valence-electron chi connectivity index (χ0n) is 18.8. The fourth-order valence-corrected chi connectivity index (χ4v) is 4.00. The maximum absolute atomic E-state index is 13.2. The number of rotatable bonds is 5. The predicted molar refractivity (Wildman–Crippen MR) is 121 cm³/mol. The van der Waals surface area contributed by atoms with E-state index in [1.54, 1.807) is 6.07 Å². The number of hydrogen-bond acceptors (Lipinski definition) is 4.